The summed E-state index contributed by atoms with van der Waals surface area (Å²) < 4.78 is 0. The molecule has 0 bridgehead atoms. The second kappa shape index (κ2) is 6.80. The van der Waals surface area contributed by atoms with E-state index in [0.29, 0.717) is 12.1 Å². The zero-order valence-corrected chi connectivity index (χ0v) is 13.8. The highest BCUT2D eigenvalue weighted by Crippen LogP contribution is 2.22. The number of rotatable bonds is 2. The fourth-order valence-corrected chi connectivity index (χ4v) is 2.81. The molecule has 3 N–H and O–H groups in total. The smallest absolute Gasteiger partial charge is 0.252 e. The average molecular weight is 334 g/mol. The number of carbonyl (C=O) groups excluding carboxylic acids is 2. The Morgan fingerprint density at radius 3 is 2.52 bits per heavy atom. The van der Waals surface area contributed by atoms with Crippen molar-refractivity contribution in [1.29, 1.82) is 0 Å². The molecular formula is C20H18N2O3. The summed E-state index contributed by atoms with van der Waals surface area (Å²) in [7, 11) is 1.65. The van der Waals surface area contributed by atoms with Crippen LogP contribution in [0.4, 0.5) is 0 Å². The van der Waals surface area contributed by atoms with E-state index in [1.807, 2.05) is 30.3 Å². The molecule has 1 aliphatic heterocycles. The van der Waals surface area contributed by atoms with Crippen molar-refractivity contribution in [2.45, 2.75) is 6.10 Å². The Morgan fingerprint density at radius 1 is 1.20 bits per heavy atom. The summed E-state index contributed by atoms with van der Waals surface area (Å²) in [5.74, 6) is 4.85. The summed E-state index contributed by atoms with van der Waals surface area (Å²) in [5, 5.41) is 9.88. The zero-order chi connectivity index (χ0) is 18.0. The predicted molar refractivity (Wildman–Crippen MR) is 94.4 cm³/mol. The maximum atomic E-state index is 11.6. The summed E-state index contributed by atoms with van der Waals surface area (Å²) in [6, 6.07) is 14.7. The van der Waals surface area contributed by atoms with E-state index in [1.54, 1.807) is 25.2 Å². The molecule has 3 rings (SSSR count). The van der Waals surface area contributed by atoms with Crippen LogP contribution in [0.15, 0.2) is 48.5 Å². The standard InChI is InChI=1S/C20H18N2O3/c1-22-12-17(18(23)20(22)25)9-8-13-4-2-5-14(10-13)15-6-3-7-16(11-15)19(21)24/h2-7,10-11,17-18,23H,12H2,1H3,(H2,21,24)/t17?,18-/m0/s1. The van der Waals surface area contributed by atoms with Crippen LogP contribution in [0.3, 0.4) is 0 Å². The Hall–Kier alpha value is -3.10. The zero-order valence-electron chi connectivity index (χ0n) is 13.8. The summed E-state index contributed by atoms with van der Waals surface area (Å²) in [4.78, 5) is 24.4. The van der Waals surface area contributed by atoms with Crippen LogP contribution in [0.25, 0.3) is 11.1 Å². The lowest BCUT2D eigenvalue weighted by Gasteiger charge is -2.05. The molecule has 0 aliphatic carbocycles. The van der Waals surface area contributed by atoms with Crippen molar-refractivity contribution in [2.75, 3.05) is 13.6 Å². The lowest BCUT2D eigenvalue weighted by molar-refractivity contribution is -0.133. The molecule has 1 heterocycles. The first-order chi connectivity index (χ1) is 12.0. The first-order valence-corrected chi connectivity index (χ1v) is 7.90. The summed E-state index contributed by atoms with van der Waals surface area (Å²) in [6.45, 7) is 0.424. The maximum Gasteiger partial charge on any atom is 0.252 e. The third-order valence-electron chi connectivity index (χ3n) is 4.23. The number of aliphatic hydroxyl groups excluding tert-OH is 1. The average Bonchev–Trinajstić information content (AvgIpc) is 2.87. The van der Waals surface area contributed by atoms with Gasteiger partial charge in [-0.05, 0) is 35.4 Å². The van der Waals surface area contributed by atoms with Gasteiger partial charge in [-0.3, -0.25) is 9.59 Å². The summed E-state index contributed by atoms with van der Waals surface area (Å²) in [6.07, 6.45) is -1.06. The minimum atomic E-state index is -1.06. The van der Waals surface area contributed by atoms with Crippen molar-refractivity contribution < 1.29 is 14.7 Å². The van der Waals surface area contributed by atoms with Gasteiger partial charge in [0.05, 0.1) is 5.92 Å². The van der Waals surface area contributed by atoms with Gasteiger partial charge in [0, 0.05) is 24.7 Å². The second-order valence-corrected chi connectivity index (χ2v) is 6.07. The van der Waals surface area contributed by atoms with Crippen LogP contribution in [0.1, 0.15) is 15.9 Å². The number of hydrogen-bond acceptors (Lipinski definition) is 3. The van der Waals surface area contributed by atoms with Gasteiger partial charge < -0.3 is 15.7 Å². The highest BCUT2D eigenvalue weighted by Gasteiger charge is 2.35. The molecule has 0 spiro atoms. The molecule has 1 aliphatic rings. The number of nitrogens with two attached hydrogens (primary N) is 1. The van der Waals surface area contributed by atoms with Crippen LogP contribution in [-0.2, 0) is 4.79 Å². The molecule has 1 fully saturated rings. The quantitative estimate of drug-likeness (QED) is 0.811. The number of benzene rings is 2. The van der Waals surface area contributed by atoms with E-state index in [-0.39, 0.29) is 11.8 Å². The van der Waals surface area contributed by atoms with E-state index >= 15 is 0 Å². The van der Waals surface area contributed by atoms with E-state index < -0.39 is 12.0 Å². The largest absolute Gasteiger partial charge is 0.382 e. The van der Waals surface area contributed by atoms with Gasteiger partial charge in [0.25, 0.3) is 5.91 Å². The molecular weight excluding hydrogens is 316 g/mol. The highest BCUT2D eigenvalue weighted by atomic mass is 16.3. The van der Waals surface area contributed by atoms with Gasteiger partial charge in [0.1, 0.15) is 6.10 Å². The van der Waals surface area contributed by atoms with Crippen LogP contribution in [0.5, 0.6) is 0 Å². The van der Waals surface area contributed by atoms with Crippen molar-refractivity contribution in [2.24, 2.45) is 11.7 Å². The van der Waals surface area contributed by atoms with Crippen LogP contribution < -0.4 is 5.73 Å². The summed E-state index contributed by atoms with van der Waals surface area (Å²) >= 11 is 0. The number of carbonyl (C=O) groups is 2. The molecule has 5 heteroatoms. The van der Waals surface area contributed by atoms with E-state index in [9.17, 15) is 14.7 Å². The number of likely N-dealkylation sites (tertiary alicyclic amines) is 1. The maximum absolute atomic E-state index is 11.6. The Bertz CT molecular complexity index is 895. The Kier molecular flexibility index (Phi) is 4.55. The normalized spacial score (nSPS) is 19.4. The lowest BCUT2D eigenvalue weighted by atomic mass is 10.0. The molecule has 2 atom stereocenters. The van der Waals surface area contributed by atoms with Crippen molar-refractivity contribution in [1.82, 2.24) is 4.90 Å². The van der Waals surface area contributed by atoms with Gasteiger partial charge in [-0.1, -0.05) is 36.1 Å². The van der Waals surface area contributed by atoms with Gasteiger partial charge in [0.15, 0.2) is 0 Å². The van der Waals surface area contributed by atoms with Gasteiger partial charge in [-0.25, -0.2) is 0 Å². The van der Waals surface area contributed by atoms with E-state index in [2.05, 4.69) is 11.8 Å². The van der Waals surface area contributed by atoms with Crippen LogP contribution in [-0.4, -0.2) is 41.5 Å². The highest BCUT2D eigenvalue weighted by molar-refractivity contribution is 5.94. The van der Waals surface area contributed by atoms with Crippen molar-refractivity contribution in [3.8, 4) is 23.0 Å². The van der Waals surface area contributed by atoms with Crippen molar-refractivity contribution >= 4 is 11.8 Å². The van der Waals surface area contributed by atoms with Gasteiger partial charge in [0.2, 0.25) is 5.91 Å². The third kappa shape index (κ3) is 3.54. The van der Waals surface area contributed by atoms with Crippen LogP contribution in [0.2, 0.25) is 0 Å². The number of primary amides is 1. The Labute approximate surface area is 146 Å². The minimum Gasteiger partial charge on any atom is -0.382 e. The molecule has 126 valence electrons. The van der Waals surface area contributed by atoms with Crippen LogP contribution >= 0.6 is 0 Å². The molecule has 25 heavy (non-hydrogen) atoms. The molecule has 2 aromatic rings. The second-order valence-electron chi connectivity index (χ2n) is 6.07. The number of likely N-dealkylation sites (N-methyl/N-ethyl adjacent to an activating group) is 1. The molecule has 1 unspecified atom stereocenters. The van der Waals surface area contributed by atoms with E-state index in [1.165, 1.54) is 4.90 Å². The van der Waals surface area contributed by atoms with Crippen LogP contribution in [0, 0.1) is 17.8 Å². The van der Waals surface area contributed by atoms with Gasteiger partial charge in [-0.15, -0.1) is 0 Å². The molecule has 2 aromatic carbocycles. The Balaban J connectivity index is 1.86. The first-order valence-electron chi connectivity index (χ1n) is 7.90. The van der Waals surface area contributed by atoms with Crippen molar-refractivity contribution in [3.63, 3.8) is 0 Å². The van der Waals surface area contributed by atoms with Crippen molar-refractivity contribution in [3.05, 3.63) is 59.7 Å². The fraction of sp³-hybridized carbons (Fsp3) is 0.200. The Morgan fingerprint density at radius 2 is 1.88 bits per heavy atom. The predicted octanol–water partition coefficient (Wildman–Crippen LogP) is 1.25. The number of hydrogen-bond donors (Lipinski definition) is 2. The molecule has 0 radical (unpaired) electrons. The summed E-state index contributed by atoms with van der Waals surface area (Å²) in [5.41, 5.74) is 8.33. The monoisotopic (exact) mass is 334 g/mol. The number of aliphatic hydroxyl groups is 1. The first kappa shape index (κ1) is 16.7. The number of amides is 2. The molecule has 2 amide bonds. The molecule has 5 nitrogen and oxygen atoms in total. The lowest BCUT2D eigenvalue weighted by Crippen LogP contribution is -2.25. The third-order valence-corrected chi connectivity index (χ3v) is 4.23. The van der Waals surface area contributed by atoms with E-state index in [4.69, 9.17) is 5.73 Å². The van der Waals surface area contributed by atoms with Gasteiger partial charge >= 0.3 is 0 Å². The van der Waals surface area contributed by atoms with Gasteiger partial charge in [-0.2, -0.15) is 0 Å². The molecule has 1 saturated heterocycles. The minimum absolute atomic E-state index is 0.295. The topological polar surface area (TPSA) is 83.6 Å². The SMILES string of the molecule is CN1CC(C#Cc2cccc(-c3cccc(C(N)=O)c3)c2)[C@H](O)C1=O. The molecule has 0 aromatic heterocycles. The van der Waals surface area contributed by atoms with E-state index in [0.717, 1.165) is 16.7 Å². The fourth-order valence-electron chi connectivity index (χ4n) is 2.81. The number of nitrogens with zero attached hydrogens (tertiary/aromatic N) is 1. The molecule has 0 saturated carbocycles.